The van der Waals surface area contributed by atoms with Crippen molar-refractivity contribution in [3.05, 3.63) is 59.2 Å². The van der Waals surface area contributed by atoms with E-state index in [2.05, 4.69) is 5.32 Å². The summed E-state index contributed by atoms with van der Waals surface area (Å²) in [6.07, 6.45) is 0.329. The van der Waals surface area contributed by atoms with Gasteiger partial charge in [0.05, 0.1) is 4.90 Å². The Kier molecular flexibility index (Phi) is 7.38. The van der Waals surface area contributed by atoms with Gasteiger partial charge in [0.2, 0.25) is 15.9 Å². The van der Waals surface area contributed by atoms with Gasteiger partial charge in [-0.25, -0.2) is 8.42 Å². The summed E-state index contributed by atoms with van der Waals surface area (Å²) >= 11 is 0. The van der Waals surface area contributed by atoms with Gasteiger partial charge in [-0.15, -0.1) is 0 Å². The smallest absolute Gasteiger partial charge is 0.243 e. The monoisotopic (exact) mass is 402 g/mol. The fourth-order valence-corrected chi connectivity index (χ4v) is 4.77. The third-order valence-electron chi connectivity index (χ3n) is 5.12. The molecule has 1 unspecified atom stereocenters. The van der Waals surface area contributed by atoms with E-state index in [1.807, 2.05) is 65.0 Å². The number of carbonyl (C=O) groups excluding carboxylic acids is 1. The van der Waals surface area contributed by atoms with Crippen LogP contribution in [0.2, 0.25) is 0 Å². The number of sulfonamides is 1. The lowest BCUT2D eigenvalue weighted by atomic mass is 9.97. The highest BCUT2D eigenvalue weighted by Crippen LogP contribution is 2.27. The van der Waals surface area contributed by atoms with Crippen LogP contribution in [0.5, 0.6) is 0 Å². The van der Waals surface area contributed by atoms with Gasteiger partial charge < -0.3 is 5.32 Å². The van der Waals surface area contributed by atoms with Crippen molar-refractivity contribution in [2.45, 2.75) is 51.9 Å². The van der Waals surface area contributed by atoms with Gasteiger partial charge in [0.15, 0.2) is 0 Å². The molecule has 2 rings (SSSR count). The number of benzene rings is 2. The van der Waals surface area contributed by atoms with Crippen LogP contribution in [0.15, 0.2) is 47.4 Å². The summed E-state index contributed by atoms with van der Waals surface area (Å²) in [4.78, 5) is 12.8. The zero-order valence-electron chi connectivity index (χ0n) is 17.3. The molecule has 28 heavy (non-hydrogen) atoms. The molecule has 1 amide bonds. The number of hydrogen-bond donors (Lipinski definition) is 1. The van der Waals surface area contributed by atoms with Crippen molar-refractivity contribution in [1.29, 1.82) is 0 Å². The zero-order chi connectivity index (χ0) is 20.9. The van der Waals surface area contributed by atoms with Crippen molar-refractivity contribution in [1.82, 2.24) is 4.31 Å². The number of hydrogen-bond acceptors (Lipinski definition) is 3. The van der Waals surface area contributed by atoms with E-state index in [0.717, 1.165) is 16.7 Å². The van der Waals surface area contributed by atoms with Gasteiger partial charge >= 0.3 is 0 Å². The maximum absolute atomic E-state index is 12.9. The first-order valence-electron chi connectivity index (χ1n) is 9.66. The Morgan fingerprint density at radius 2 is 1.68 bits per heavy atom. The molecule has 152 valence electrons. The first kappa shape index (κ1) is 22.1. The minimum atomic E-state index is -3.58. The van der Waals surface area contributed by atoms with Crippen LogP contribution in [0, 0.1) is 13.8 Å². The Labute approximate surface area is 168 Å². The Hall–Kier alpha value is -2.18. The van der Waals surface area contributed by atoms with E-state index in [-0.39, 0.29) is 16.7 Å². The molecule has 1 N–H and O–H groups in total. The lowest BCUT2D eigenvalue weighted by molar-refractivity contribution is -0.116. The highest BCUT2D eigenvalue weighted by Gasteiger charge is 2.23. The fourth-order valence-electron chi connectivity index (χ4n) is 3.20. The predicted molar refractivity (Wildman–Crippen MR) is 114 cm³/mol. The number of amides is 1. The van der Waals surface area contributed by atoms with Crippen molar-refractivity contribution in [2.24, 2.45) is 0 Å². The molecule has 6 heteroatoms. The summed E-state index contributed by atoms with van der Waals surface area (Å²) < 4.78 is 27.2. The standard InChI is InChI=1S/C22H30N2O3S/c1-6-24(7-2)28(26,27)20-13-16(3)18(5)21(15-20)23-22(25)14-17(4)19-11-9-8-10-12-19/h8-13,15,17H,6-7,14H2,1-5H3,(H,23,25). The highest BCUT2D eigenvalue weighted by atomic mass is 32.2. The number of nitrogens with one attached hydrogen (secondary N) is 1. The second-order valence-electron chi connectivity index (χ2n) is 7.07. The third kappa shape index (κ3) is 5.00. The summed E-state index contributed by atoms with van der Waals surface area (Å²) in [7, 11) is -3.58. The Balaban J connectivity index is 2.26. The zero-order valence-corrected chi connectivity index (χ0v) is 18.1. The average molecular weight is 403 g/mol. The second kappa shape index (κ2) is 9.34. The number of nitrogens with zero attached hydrogens (tertiary/aromatic N) is 1. The van der Waals surface area contributed by atoms with Crippen molar-refractivity contribution in [2.75, 3.05) is 18.4 Å². The molecular weight excluding hydrogens is 372 g/mol. The summed E-state index contributed by atoms with van der Waals surface area (Å²) in [6.45, 7) is 10.2. The first-order valence-corrected chi connectivity index (χ1v) is 11.1. The Morgan fingerprint density at radius 1 is 1.07 bits per heavy atom. The Bertz CT molecular complexity index is 920. The van der Waals surface area contributed by atoms with Gasteiger partial charge in [-0.3, -0.25) is 4.79 Å². The molecule has 5 nitrogen and oxygen atoms in total. The first-order chi connectivity index (χ1) is 13.2. The predicted octanol–water partition coefficient (Wildman–Crippen LogP) is 4.47. The van der Waals surface area contributed by atoms with E-state index < -0.39 is 10.0 Å². The molecule has 0 bridgehead atoms. The molecule has 0 aromatic heterocycles. The van der Waals surface area contributed by atoms with Crippen LogP contribution in [0.1, 0.15) is 49.8 Å². The molecular formula is C22H30N2O3S. The Morgan fingerprint density at radius 3 is 2.25 bits per heavy atom. The molecule has 0 saturated heterocycles. The lowest BCUT2D eigenvalue weighted by Crippen LogP contribution is -2.30. The van der Waals surface area contributed by atoms with Gasteiger partial charge in [0, 0.05) is 25.2 Å². The molecule has 0 radical (unpaired) electrons. The van der Waals surface area contributed by atoms with Gasteiger partial charge in [0.1, 0.15) is 0 Å². The van der Waals surface area contributed by atoms with Gasteiger partial charge in [-0.05, 0) is 48.6 Å². The van der Waals surface area contributed by atoms with Crippen LogP contribution < -0.4 is 5.32 Å². The van der Waals surface area contributed by atoms with E-state index in [4.69, 9.17) is 0 Å². The van der Waals surface area contributed by atoms with E-state index in [1.54, 1.807) is 12.1 Å². The number of carbonyl (C=O) groups is 1. The van der Waals surface area contributed by atoms with E-state index in [1.165, 1.54) is 4.31 Å². The van der Waals surface area contributed by atoms with Gasteiger partial charge in [0.25, 0.3) is 0 Å². The molecule has 1 atom stereocenters. The number of aryl methyl sites for hydroxylation is 1. The minimum absolute atomic E-state index is 0.0743. The molecule has 2 aromatic rings. The quantitative estimate of drug-likeness (QED) is 0.709. The van der Waals surface area contributed by atoms with E-state index in [9.17, 15) is 13.2 Å². The van der Waals surface area contributed by atoms with Crippen LogP contribution in [0.3, 0.4) is 0 Å². The summed E-state index contributed by atoms with van der Waals surface area (Å²) in [5.74, 6) is -0.0542. The maximum Gasteiger partial charge on any atom is 0.243 e. The van der Waals surface area contributed by atoms with Gasteiger partial charge in [-0.2, -0.15) is 4.31 Å². The van der Waals surface area contributed by atoms with E-state index >= 15 is 0 Å². The van der Waals surface area contributed by atoms with Gasteiger partial charge in [-0.1, -0.05) is 51.1 Å². The largest absolute Gasteiger partial charge is 0.326 e. The normalized spacial score (nSPS) is 12.8. The fraction of sp³-hybridized carbons (Fsp3) is 0.409. The summed E-state index contributed by atoms with van der Waals surface area (Å²) in [5.41, 5.74) is 3.36. The van der Waals surface area contributed by atoms with Crippen LogP contribution in [0.25, 0.3) is 0 Å². The van der Waals surface area contributed by atoms with Crippen LogP contribution >= 0.6 is 0 Å². The third-order valence-corrected chi connectivity index (χ3v) is 7.15. The van der Waals surface area contributed by atoms with Crippen molar-refractivity contribution in [3.8, 4) is 0 Å². The van der Waals surface area contributed by atoms with Crippen LogP contribution in [-0.4, -0.2) is 31.7 Å². The van der Waals surface area contributed by atoms with Crippen molar-refractivity contribution >= 4 is 21.6 Å². The lowest BCUT2D eigenvalue weighted by Gasteiger charge is -2.21. The molecule has 0 saturated carbocycles. The molecule has 0 spiro atoms. The van der Waals surface area contributed by atoms with Crippen LogP contribution in [0.4, 0.5) is 5.69 Å². The minimum Gasteiger partial charge on any atom is -0.326 e. The van der Waals surface area contributed by atoms with Crippen molar-refractivity contribution in [3.63, 3.8) is 0 Å². The topological polar surface area (TPSA) is 66.5 Å². The number of anilines is 1. The molecule has 2 aromatic carbocycles. The molecule has 0 heterocycles. The molecule has 0 fully saturated rings. The highest BCUT2D eigenvalue weighted by molar-refractivity contribution is 7.89. The maximum atomic E-state index is 12.9. The molecule has 0 aliphatic heterocycles. The molecule has 0 aliphatic carbocycles. The van der Waals surface area contributed by atoms with Crippen LogP contribution in [-0.2, 0) is 14.8 Å². The molecule has 0 aliphatic rings. The average Bonchev–Trinajstić information content (AvgIpc) is 2.66. The summed E-state index contributed by atoms with van der Waals surface area (Å²) in [5, 5.41) is 2.92. The summed E-state index contributed by atoms with van der Waals surface area (Å²) in [6, 6.07) is 13.1. The SMILES string of the molecule is CCN(CC)S(=O)(=O)c1cc(C)c(C)c(NC(=O)CC(C)c2ccccc2)c1. The number of rotatable bonds is 8. The van der Waals surface area contributed by atoms with E-state index in [0.29, 0.717) is 25.2 Å². The van der Waals surface area contributed by atoms with Crippen molar-refractivity contribution < 1.29 is 13.2 Å². The second-order valence-corrected chi connectivity index (χ2v) is 9.00.